The Balaban J connectivity index is 2.35. The number of guanidine groups is 1. The number of nitrogens with two attached hydrogens (primary N) is 1. The molecule has 1 atom stereocenters. The summed E-state index contributed by atoms with van der Waals surface area (Å²) >= 11 is 0. The average Bonchev–Trinajstić information content (AvgIpc) is 2.58. The number of hydrogen-bond acceptors (Lipinski definition) is 3. The molecule has 1 unspecified atom stereocenters. The fourth-order valence-electron chi connectivity index (χ4n) is 3.02. The molecule has 0 spiro atoms. The largest absolute Gasteiger partial charge is 0.369 e. The quantitative estimate of drug-likeness (QED) is 0.274. The number of carbonyl (C=O) groups is 1. The molecule has 0 saturated carbocycles. The summed E-state index contributed by atoms with van der Waals surface area (Å²) in [5.41, 5.74) is 5.43. The highest BCUT2D eigenvalue weighted by molar-refractivity contribution is 5.79. The molecule has 0 aromatic rings. The number of piperidine rings is 1. The summed E-state index contributed by atoms with van der Waals surface area (Å²) in [5, 5.41) is 3.35. The first kappa shape index (κ1) is 20.5. The molecule has 1 heterocycles. The fraction of sp³-hybridized carbons (Fsp3) is 0.778. The van der Waals surface area contributed by atoms with Crippen molar-refractivity contribution >= 4 is 11.9 Å². The molecule has 1 aliphatic heterocycles. The van der Waals surface area contributed by atoms with Crippen LogP contribution in [-0.2, 0) is 4.79 Å². The molecule has 1 rings (SSSR count). The second kappa shape index (κ2) is 11.9. The third-order valence-electron chi connectivity index (χ3n) is 4.40. The van der Waals surface area contributed by atoms with E-state index in [0.717, 1.165) is 77.3 Å². The summed E-state index contributed by atoms with van der Waals surface area (Å²) in [7, 11) is 2.08. The Morgan fingerprint density at radius 1 is 1.50 bits per heavy atom. The third kappa shape index (κ3) is 7.81. The van der Waals surface area contributed by atoms with Crippen molar-refractivity contribution < 1.29 is 4.79 Å². The number of amides is 1. The number of unbranched alkanes of at least 4 members (excludes halogenated alkanes) is 1. The number of hydrogen-bond donors (Lipinski definition) is 2. The molecule has 0 aromatic heterocycles. The summed E-state index contributed by atoms with van der Waals surface area (Å²) in [4.78, 5) is 20.6. The maximum Gasteiger partial charge on any atom is 0.221 e. The predicted octanol–water partition coefficient (Wildman–Crippen LogP) is 1.44. The molecular formula is C18H35N5O. The molecule has 1 aliphatic rings. The van der Waals surface area contributed by atoms with Crippen LogP contribution in [0.5, 0.6) is 0 Å². The molecule has 1 fully saturated rings. The van der Waals surface area contributed by atoms with Gasteiger partial charge in [-0.2, -0.15) is 0 Å². The van der Waals surface area contributed by atoms with Gasteiger partial charge in [-0.3, -0.25) is 9.79 Å². The number of primary amides is 1. The van der Waals surface area contributed by atoms with E-state index in [1.54, 1.807) is 0 Å². The van der Waals surface area contributed by atoms with E-state index in [9.17, 15) is 4.79 Å². The minimum absolute atomic E-state index is 0.0237. The maximum atomic E-state index is 11.3. The van der Waals surface area contributed by atoms with Crippen molar-refractivity contribution in [1.29, 1.82) is 0 Å². The van der Waals surface area contributed by atoms with Crippen LogP contribution in [0.4, 0.5) is 0 Å². The highest BCUT2D eigenvalue weighted by atomic mass is 16.1. The van der Waals surface area contributed by atoms with Crippen molar-refractivity contribution in [3.63, 3.8) is 0 Å². The third-order valence-corrected chi connectivity index (χ3v) is 4.40. The van der Waals surface area contributed by atoms with E-state index in [-0.39, 0.29) is 11.8 Å². The van der Waals surface area contributed by atoms with Gasteiger partial charge in [0.05, 0.1) is 5.92 Å². The number of carbonyl (C=O) groups excluding carboxylic acids is 1. The average molecular weight is 338 g/mol. The summed E-state index contributed by atoms with van der Waals surface area (Å²) < 4.78 is 0. The first-order chi connectivity index (χ1) is 11.6. The zero-order valence-electron chi connectivity index (χ0n) is 15.5. The van der Waals surface area contributed by atoms with Gasteiger partial charge in [-0.15, -0.1) is 6.58 Å². The van der Waals surface area contributed by atoms with E-state index in [0.29, 0.717) is 0 Å². The lowest BCUT2D eigenvalue weighted by molar-refractivity contribution is -0.123. The van der Waals surface area contributed by atoms with Gasteiger partial charge < -0.3 is 20.9 Å². The lowest BCUT2D eigenvalue weighted by Gasteiger charge is -2.30. The van der Waals surface area contributed by atoms with E-state index >= 15 is 0 Å². The van der Waals surface area contributed by atoms with E-state index < -0.39 is 0 Å². The molecule has 138 valence electrons. The van der Waals surface area contributed by atoms with Crippen LogP contribution in [0.25, 0.3) is 0 Å². The topological polar surface area (TPSA) is 74.0 Å². The highest BCUT2D eigenvalue weighted by Gasteiger charge is 2.23. The second-order valence-electron chi connectivity index (χ2n) is 6.48. The number of allylic oxidation sites excluding steroid dienone is 1. The van der Waals surface area contributed by atoms with Crippen LogP contribution in [0.2, 0.25) is 0 Å². The van der Waals surface area contributed by atoms with Crippen LogP contribution in [0.15, 0.2) is 17.6 Å². The first-order valence-electron chi connectivity index (χ1n) is 9.20. The predicted molar refractivity (Wildman–Crippen MR) is 101 cm³/mol. The van der Waals surface area contributed by atoms with Gasteiger partial charge in [-0.1, -0.05) is 6.08 Å². The summed E-state index contributed by atoms with van der Waals surface area (Å²) in [6, 6.07) is 0. The summed E-state index contributed by atoms with van der Waals surface area (Å²) in [6.07, 6.45) is 7.07. The van der Waals surface area contributed by atoms with Crippen LogP contribution >= 0.6 is 0 Å². The van der Waals surface area contributed by atoms with Gasteiger partial charge in [-0.05, 0) is 52.1 Å². The van der Waals surface area contributed by atoms with Crippen molar-refractivity contribution in [3.05, 3.63) is 12.7 Å². The molecule has 6 nitrogen and oxygen atoms in total. The zero-order valence-corrected chi connectivity index (χ0v) is 15.5. The molecule has 1 amide bonds. The Kier molecular flexibility index (Phi) is 10.2. The molecule has 1 saturated heterocycles. The summed E-state index contributed by atoms with van der Waals surface area (Å²) in [5.74, 6) is 0.832. The molecule has 0 aliphatic carbocycles. The smallest absolute Gasteiger partial charge is 0.221 e. The molecule has 0 radical (unpaired) electrons. The van der Waals surface area contributed by atoms with E-state index in [4.69, 9.17) is 10.7 Å². The number of nitrogens with zero attached hydrogens (tertiary/aromatic N) is 3. The van der Waals surface area contributed by atoms with Crippen LogP contribution in [0.1, 0.15) is 39.0 Å². The standard InChI is InChI=1S/C18H35N5O/c1-4-6-7-12-22(3)18(20-5-2)21-11-9-14-23-13-8-10-16(15-23)17(19)24/h4,16H,1,5-15H2,2-3H3,(H2,19,24)(H,20,21). The van der Waals surface area contributed by atoms with Crippen molar-refractivity contribution in [2.24, 2.45) is 16.6 Å². The SMILES string of the molecule is C=CCCCN(C)C(=NCCCN1CCCC(C(N)=O)C1)NCC. The molecule has 24 heavy (non-hydrogen) atoms. The van der Waals surface area contributed by atoms with Crippen LogP contribution < -0.4 is 11.1 Å². The molecule has 0 aromatic carbocycles. The van der Waals surface area contributed by atoms with Crippen LogP contribution in [0.3, 0.4) is 0 Å². The van der Waals surface area contributed by atoms with Crippen LogP contribution in [0, 0.1) is 5.92 Å². The molecular weight excluding hydrogens is 302 g/mol. The first-order valence-corrected chi connectivity index (χ1v) is 9.20. The molecule has 0 bridgehead atoms. The maximum absolute atomic E-state index is 11.3. The van der Waals surface area contributed by atoms with Gasteiger partial charge in [0.15, 0.2) is 5.96 Å². The van der Waals surface area contributed by atoms with Gasteiger partial charge >= 0.3 is 0 Å². The molecule has 3 N–H and O–H groups in total. The minimum atomic E-state index is -0.159. The lowest BCUT2D eigenvalue weighted by Crippen LogP contribution is -2.41. The number of nitrogens with one attached hydrogen (secondary N) is 1. The van der Waals surface area contributed by atoms with Crippen molar-refractivity contribution in [3.8, 4) is 0 Å². The monoisotopic (exact) mass is 337 g/mol. The zero-order chi connectivity index (χ0) is 17.8. The second-order valence-corrected chi connectivity index (χ2v) is 6.48. The van der Waals surface area contributed by atoms with E-state index in [1.165, 1.54) is 0 Å². The Labute approximate surface area is 147 Å². The van der Waals surface area contributed by atoms with Gasteiger partial charge in [0.25, 0.3) is 0 Å². The lowest BCUT2D eigenvalue weighted by atomic mass is 9.97. The van der Waals surface area contributed by atoms with Crippen molar-refractivity contribution in [2.75, 3.05) is 46.3 Å². The van der Waals surface area contributed by atoms with Gasteiger partial charge in [0, 0.05) is 33.2 Å². The Morgan fingerprint density at radius 3 is 2.96 bits per heavy atom. The minimum Gasteiger partial charge on any atom is -0.369 e. The van der Waals surface area contributed by atoms with Crippen molar-refractivity contribution in [1.82, 2.24) is 15.1 Å². The van der Waals surface area contributed by atoms with Gasteiger partial charge in [0.2, 0.25) is 5.91 Å². The van der Waals surface area contributed by atoms with E-state index in [2.05, 4.69) is 35.7 Å². The van der Waals surface area contributed by atoms with Gasteiger partial charge in [0.1, 0.15) is 0 Å². The fourth-order valence-corrected chi connectivity index (χ4v) is 3.02. The number of aliphatic imine (C=N–C) groups is 1. The van der Waals surface area contributed by atoms with Crippen LogP contribution in [-0.4, -0.2) is 68.0 Å². The summed E-state index contributed by atoms with van der Waals surface area (Å²) in [6.45, 7) is 11.3. The Bertz CT molecular complexity index is 410. The number of rotatable bonds is 10. The Morgan fingerprint density at radius 2 is 2.29 bits per heavy atom. The highest BCUT2D eigenvalue weighted by Crippen LogP contribution is 2.15. The van der Waals surface area contributed by atoms with E-state index in [1.807, 2.05) is 6.08 Å². The Hall–Kier alpha value is -1.56. The normalized spacial score (nSPS) is 19.1. The van der Waals surface area contributed by atoms with Crippen molar-refractivity contribution in [2.45, 2.75) is 39.0 Å². The molecule has 6 heteroatoms. The number of likely N-dealkylation sites (tertiary alicyclic amines) is 1. The van der Waals surface area contributed by atoms with Gasteiger partial charge in [-0.25, -0.2) is 0 Å².